The van der Waals surface area contributed by atoms with Crippen LogP contribution in [0.3, 0.4) is 0 Å². The Bertz CT molecular complexity index is 463. The Hall–Kier alpha value is -1.32. The van der Waals surface area contributed by atoms with E-state index in [1.165, 1.54) is 11.1 Å². The summed E-state index contributed by atoms with van der Waals surface area (Å²) < 4.78 is 10.6. The van der Waals surface area contributed by atoms with Crippen LogP contribution in [0.1, 0.15) is 48.0 Å². The number of ether oxygens (including phenoxy) is 2. The van der Waals surface area contributed by atoms with Crippen molar-refractivity contribution >= 4 is 11.9 Å². The van der Waals surface area contributed by atoms with Crippen molar-refractivity contribution in [1.29, 1.82) is 0 Å². The van der Waals surface area contributed by atoms with Crippen molar-refractivity contribution in [3.8, 4) is 0 Å². The number of fused-ring (bicyclic) bond motifs is 2. The van der Waals surface area contributed by atoms with Crippen LogP contribution < -0.4 is 0 Å². The lowest BCUT2D eigenvalue weighted by Crippen LogP contribution is -2.54. The lowest BCUT2D eigenvalue weighted by atomic mass is 9.56. The van der Waals surface area contributed by atoms with E-state index < -0.39 is 10.8 Å². The van der Waals surface area contributed by atoms with Crippen LogP contribution in [0.25, 0.3) is 0 Å². The Kier molecular flexibility index (Phi) is 3.94. The second-order valence-electron chi connectivity index (χ2n) is 6.55. The van der Waals surface area contributed by atoms with E-state index in [1.54, 1.807) is 13.8 Å². The second-order valence-corrected chi connectivity index (χ2v) is 6.55. The molecule has 0 radical (unpaired) electrons. The van der Waals surface area contributed by atoms with Gasteiger partial charge in [0.05, 0.1) is 24.0 Å². The predicted octanol–water partition coefficient (Wildman–Crippen LogP) is 3.11. The first kappa shape index (κ1) is 16.1. The van der Waals surface area contributed by atoms with Crippen LogP contribution in [0, 0.1) is 22.7 Å². The maximum atomic E-state index is 12.7. The zero-order valence-corrected chi connectivity index (χ0v) is 13.9. The highest BCUT2D eigenvalue weighted by Gasteiger charge is 2.72. The molecule has 2 aliphatic carbocycles. The predicted molar refractivity (Wildman–Crippen MR) is 79.5 cm³/mol. The van der Waals surface area contributed by atoms with Gasteiger partial charge in [-0.05, 0) is 59.8 Å². The van der Waals surface area contributed by atoms with E-state index in [4.69, 9.17) is 9.47 Å². The number of hydrogen-bond donors (Lipinski definition) is 0. The van der Waals surface area contributed by atoms with Gasteiger partial charge in [-0.15, -0.1) is 0 Å². The molecular formula is C17H26O4. The van der Waals surface area contributed by atoms with E-state index in [2.05, 4.69) is 13.8 Å². The Labute approximate surface area is 126 Å². The number of allylic oxidation sites excluding steroid dienone is 2. The number of hydrogen-bond acceptors (Lipinski definition) is 4. The van der Waals surface area contributed by atoms with Gasteiger partial charge in [-0.2, -0.15) is 0 Å². The van der Waals surface area contributed by atoms with Crippen molar-refractivity contribution in [2.75, 3.05) is 13.2 Å². The fourth-order valence-electron chi connectivity index (χ4n) is 4.47. The normalized spacial score (nSPS) is 37.8. The molecule has 4 nitrogen and oxygen atoms in total. The van der Waals surface area contributed by atoms with Crippen molar-refractivity contribution in [1.82, 2.24) is 0 Å². The average molecular weight is 294 g/mol. The summed E-state index contributed by atoms with van der Waals surface area (Å²) in [4.78, 5) is 25.4. The fourth-order valence-corrected chi connectivity index (χ4v) is 4.47. The van der Waals surface area contributed by atoms with Crippen molar-refractivity contribution in [2.45, 2.75) is 48.0 Å². The maximum Gasteiger partial charge on any atom is 0.313 e. The standard InChI is InChI=1S/C17H26O4/c1-7-20-14(18)16(5)12-9-13(11(4)10(12)3)17(16,6)15(19)21-8-2/h12-13H,7-9H2,1-6H3. The molecular weight excluding hydrogens is 268 g/mol. The smallest absolute Gasteiger partial charge is 0.313 e. The molecule has 0 amide bonds. The quantitative estimate of drug-likeness (QED) is 0.590. The number of carbonyl (C=O) groups excluding carboxylic acids is 2. The molecule has 0 aromatic carbocycles. The summed E-state index contributed by atoms with van der Waals surface area (Å²) in [5, 5.41) is 0. The lowest BCUT2D eigenvalue weighted by molar-refractivity contribution is -0.180. The molecule has 21 heavy (non-hydrogen) atoms. The van der Waals surface area contributed by atoms with Gasteiger partial charge in [-0.3, -0.25) is 9.59 Å². The van der Waals surface area contributed by atoms with E-state index in [0.717, 1.165) is 6.42 Å². The number of esters is 2. The van der Waals surface area contributed by atoms with Gasteiger partial charge in [0.2, 0.25) is 0 Å². The molecule has 1 saturated carbocycles. The second kappa shape index (κ2) is 5.15. The number of rotatable bonds is 4. The molecule has 2 rings (SSSR count). The molecule has 2 bridgehead atoms. The Balaban J connectivity index is 2.55. The molecule has 0 aromatic heterocycles. The van der Waals surface area contributed by atoms with Crippen LogP contribution >= 0.6 is 0 Å². The molecule has 0 aromatic rings. The van der Waals surface area contributed by atoms with Crippen LogP contribution in [0.2, 0.25) is 0 Å². The highest BCUT2D eigenvalue weighted by atomic mass is 16.5. The molecule has 0 spiro atoms. The average Bonchev–Trinajstić information content (AvgIpc) is 2.86. The topological polar surface area (TPSA) is 52.6 Å². The van der Waals surface area contributed by atoms with Gasteiger partial charge in [0.25, 0.3) is 0 Å². The van der Waals surface area contributed by atoms with Crippen LogP contribution in [0.15, 0.2) is 11.1 Å². The van der Waals surface area contributed by atoms with E-state index in [0.29, 0.717) is 13.2 Å². The summed E-state index contributed by atoms with van der Waals surface area (Å²) in [7, 11) is 0. The summed E-state index contributed by atoms with van der Waals surface area (Å²) in [6, 6.07) is 0. The van der Waals surface area contributed by atoms with Crippen LogP contribution in [-0.2, 0) is 19.1 Å². The molecule has 2 aliphatic rings. The highest BCUT2D eigenvalue weighted by molar-refractivity contribution is 5.91. The van der Waals surface area contributed by atoms with E-state index in [1.807, 2.05) is 13.8 Å². The molecule has 0 saturated heterocycles. The minimum absolute atomic E-state index is 0.0657. The van der Waals surface area contributed by atoms with Gasteiger partial charge < -0.3 is 9.47 Å². The van der Waals surface area contributed by atoms with Gasteiger partial charge in [0.1, 0.15) is 0 Å². The fraction of sp³-hybridized carbons (Fsp3) is 0.765. The summed E-state index contributed by atoms with van der Waals surface area (Å²) in [5.41, 5.74) is 0.780. The summed E-state index contributed by atoms with van der Waals surface area (Å²) >= 11 is 0. The molecule has 118 valence electrons. The summed E-state index contributed by atoms with van der Waals surface area (Å²) in [5.74, 6) is -0.424. The third kappa shape index (κ3) is 1.80. The van der Waals surface area contributed by atoms with E-state index >= 15 is 0 Å². The summed E-state index contributed by atoms with van der Waals surface area (Å²) in [6.07, 6.45) is 0.836. The van der Waals surface area contributed by atoms with Gasteiger partial charge in [0, 0.05) is 0 Å². The van der Waals surface area contributed by atoms with Gasteiger partial charge in [-0.1, -0.05) is 11.1 Å². The molecule has 0 aliphatic heterocycles. The van der Waals surface area contributed by atoms with E-state index in [-0.39, 0.29) is 23.8 Å². The van der Waals surface area contributed by atoms with Gasteiger partial charge in [0.15, 0.2) is 0 Å². The SMILES string of the molecule is CCOC(=O)C1(C)C2CC(C(C)=C2C)C1(C)C(=O)OCC. The Morgan fingerprint density at radius 1 is 0.952 bits per heavy atom. The van der Waals surface area contributed by atoms with Crippen molar-refractivity contribution < 1.29 is 19.1 Å². The van der Waals surface area contributed by atoms with Crippen molar-refractivity contribution in [3.63, 3.8) is 0 Å². The number of carbonyl (C=O) groups is 2. The van der Waals surface area contributed by atoms with E-state index in [9.17, 15) is 9.59 Å². The zero-order valence-electron chi connectivity index (χ0n) is 13.9. The first-order chi connectivity index (χ1) is 9.76. The maximum absolute atomic E-state index is 12.7. The monoisotopic (exact) mass is 294 g/mol. The van der Waals surface area contributed by atoms with Gasteiger partial charge in [-0.25, -0.2) is 0 Å². The minimum atomic E-state index is -0.844. The highest BCUT2D eigenvalue weighted by Crippen LogP contribution is 2.68. The molecule has 0 heterocycles. The minimum Gasteiger partial charge on any atom is -0.466 e. The van der Waals surface area contributed by atoms with Gasteiger partial charge >= 0.3 is 11.9 Å². The van der Waals surface area contributed by atoms with Crippen LogP contribution in [0.4, 0.5) is 0 Å². The van der Waals surface area contributed by atoms with Crippen LogP contribution in [-0.4, -0.2) is 25.2 Å². The van der Waals surface area contributed by atoms with Crippen LogP contribution in [0.5, 0.6) is 0 Å². The third-order valence-electron chi connectivity index (χ3n) is 6.01. The third-order valence-corrected chi connectivity index (χ3v) is 6.01. The first-order valence-corrected chi connectivity index (χ1v) is 7.78. The zero-order chi connectivity index (χ0) is 16.0. The molecule has 1 fully saturated rings. The largest absolute Gasteiger partial charge is 0.466 e. The molecule has 0 N–H and O–H groups in total. The Morgan fingerprint density at radius 3 is 1.57 bits per heavy atom. The van der Waals surface area contributed by atoms with Crippen molar-refractivity contribution in [3.05, 3.63) is 11.1 Å². The Morgan fingerprint density at radius 2 is 1.29 bits per heavy atom. The molecule has 4 heteroatoms. The van der Waals surface area contributed by atoms with Crippen molar-refractivity contribution in [2.24, 2.45) is 22.7 Å². The lowest BCUT2D eigenvalue weighted by Gasteiger charge is -2.46. The molecule has 4 unspecified atom stereocenters. The first-order valence-electron chi connectivity index (χ1n) is 7.78. The molecule has 4 atom stereocenters. The summed E-state index contributed by atoms with van der Waals surface area (Å²) in [6.45, 7) is 12.1.